The Morgan fingerprint density at radius 2 is 1.69 bits per heavy atom. The Bertz CT molecular complexity index is 436. The van der Waals surface area contributed by atoms with Crippen LogP contribution < -0.4 is 0 Å². The molecule has 0 atom stereocenters. The van der Waals surface area contributed by atoms with Crippen molar-refractivity contribution in [2.45, 2.75) is 53.4 Å². The normalized spacial score (nSPS) is 16.2. The summed E-state index contributed by atoms with van der Waals surface area (Å²) in [6, 6.07) is 0. The van der Waals surface area contributed by atoms with Crippen LogP contribution in [0.1, 0.15) is 53.1 Å². The molecule has 0 unspecified atom stereocenters. The molecule has 88 valence electrons. The molecule has 0 spiro atoms. The van der Waals surface area contributed by atoms with E-state index in [-0.39, 0.29) is 10.8 Å². The van der Waals surface area contributed by atoms with Crippen LogP contribution in [0.4, 0.5) is 0 Å². The number of allylic oxidation sites excluding steroid dienone is 1. The molecular formula is C14H22N2. The first kappa shape index (κ1) is 11.4. The van der Waals surface area contributed by atoms with Crippen LogP contribution in [0.15, 0.2) is 11.8 Å². The van der Waals surface area contributed by atoms with Gasteiger partial charge in [0.15, 0.2) is 0 Å². The molecule has 1 aromatic rings. The lowest BCUT2D eigenvalue weighted by Crippen LogP contribution is -2.15. The quantitative estimate of drug-likeness (QED) is 0.650. The Morgan fingerprint density at radius 1 is 1.06 bits per heavy atom. The Kier molecular flexibility index (Phi) is 2.30. The molecular weight excluding hydrogens is 196 g/mol. The summed E-state index contributed by atoms with van der Waals surface area (Å²) in [7, 11) is 0. The van der Waals surface area contributed by atoms with Crippen molar-refractivity contribution >= 4 is 6.20 Å². The third kappa shape index (κ3) is 1.81. The van der Waals surface area contributed by atoms with Gasteiger partial charge in [-0.05, 0) is 11.0 Å². The summed E-state index contributed by atoms with van der Waals surface area (Å²) in [6.07, 6.45) is 5.30. The van der Waals surface area contributed by atoms with Crippen LogP contribution in [-0.4, -0.2) is 9.55 Å². The van der Waals surface area contributed by atoms with E-state index in [4.69, 9.17) is 0 Å². The van der Waals surface area contributed by atoms with Crippen molar-refractivity contribution in [2.24, 2.45) is 5.41 Å². The lowest BCUT2D eigenvalue weighted by Gasteiger charge is -2.20. The summed E-state index contributed by atoms with van der Waals surface area (Å²) < 4.78 is 2.28. The first-order valence-corrected chi connectivity index (χ1v) is 5.97. The smallest absolute Gasteiger partial charge is 0.117 e. The molecule has 2 rings (SSSR count). The van der Waals surface area contributed by atoms with Crippen molar-refractivity contribution in [1.29, 1.82) is 0 Å². The van der Waals surface area contributed by atoms with Gasteiger partial charge in [-0.2, -0.15) is 0 Å². The van der Waals surface area contributed by atoms with Gasteiger partial charge in [0.25, 0.3) is 0 Å². The number of imidazole rings is 1. The van der Waals surface area contributed by atoms with E-state index in [1.165, 1.54) is 17.1 Å². The Labute approximate surface area is 98.4 Å². The molecule has 2 nitrogen and oxygen atoms in total. The average Bonchev–Trinajstić information content (AvgIpc) is 2.53. The van der Waals surface area contributed by atoms with Gasteiger partial charge in [-0.25, -0.2) is 4.98 Å². The van der Waals surface area contributed by atoms with Gasteiger partial charge in [-0.3, -0.25) is 0 Å². The number of aromatic nitrogens is 2. The van der Waals surface area contributed by atoms with Crippen LogP contribution in [0.3, 0.4) is 0 Å². The van der Waals surface area contributed by atoms with Gasteiger partial charge in [0, 0.05) is 29.9 Å². The fourth-order valence-electron chi connectivity index (χ4n) is 2.06. The van der Waals surface area contributed by atoms with Crippen LogP contribution in [0.25, 0.3) is 6.20 Å². The number of nitrogens with zero attached hydrogens (tertiary/aromatic N) is 2. The number of hydrogen-bond donors (Lipinski definition) is 0. The van der Waals surface area contributed by atoms with Crippen molar-refractivity contribution in [2.75, 3.05) is 0 Å². The van der Waals surface area contributed by atoms with Crippen molar-refractivity contribution < 1.29 is 0 Å². The van der Waals surface area contributed by atoms with Gasteiger partial charge in [0.05, 0.1) is 0 Å². The highest BCUT2D eigenvalue weighted by Crippen LogP contribution is 2.35. The minimum absolute atomic E-state index is 0.162. The van der Waals surface area contributed by atoms with Gasteiger partial charge in [0.2, 0.25) is 0 Å². The maximum Gasteiger partial charge on any atom is 0.117 e. The Balaban J connectivity index is 2.44. The van der Waals surface area contributed by atoms with E-state index < -0.39 is 0 Å². The highest BCUT2D eigenvalue weighted by molar-refractivity contribution is 5.46. The van der Waals surface area contributed by atoms with E-state index in [0.29, 0.717) is 0 Å². The lowest BCUT2D eigenvalue weighted by atomic mass is 9.86. The van der Waals surface area contributed by atoms with E-state index in [1.54, 1.807) is 0 Å². The fourth-order valence-corrected chi connectivity index (χ4v) is 2.06. The SMILES string of the molecule is CC(C)(C)C1=Cn2c(C(C)(C)C)cnc2C1. The molecule has 1 aliphatic rings. The summed E-state index contributed by atoms with van der Waals surface area (Å²) >= 11 is 0. The highest BCUT2D eigenvalue weighted by Gasteiger charge is 2.28. The molecule has 0 fully saturated rings. The van der Waals surface area contributed by atoms with Crippen molar-refractivity contribution in [3.05, 3.63) is 23.3 Å². The molecule has 0 aliphatic carbocycles. The summed E-state index contributed by atoms with van der Waals surface area (Å²) in [6.45, 7) is 13.5. The molecule has 0 amide bonds. The molecule has 0 saturated carbocycles. The molecule has 0 bridgehead atoms. The lowest BCUT2D eigenvalue weighted by molar-refractivity contribution is 0.497. The molecule has 0 radical (unpaired) electrons. The van der Waals surface area contributed by atoms with E-state index in [1.807, 2.05) is 6.20 Å². The monoisotopic (exact) mass is 218 g/mol. The van der Waals surface area contributed by atoms with Gasteiger partial charge >= 0.3 is 0 Å². The first-order chi connectivity index (χ1) is 7.19. The van der Waals surface area contributed by atoms with Crippen molar-refractivity contribution in [3.63, 3.8) is 0 Å². The fraction of sp³-hybridized carbons (Fsp3) is 0.643. The zero-order valence-electron chi connectivity index (χ0n) is 11.3. The van der Waals surface area contributed by atoms with Crippen LogP contribution in [0, 0.1) is 5.41 Å². The third-order valence-electron chi connectivity index (χ3n) is 3.24. The Hall–Kier alpha value is -1.05. The summed E-state index contributed by atoms with van der Waals surface area (Å²) in [5.74, 6) is 1.19. The second kappa shape index (κ2) is 3.22. The summed E-state index contributed by atoms with van der Waals surface area (Å²) in [5.41, 5.74) is 3.19. The predicted molar refractivity (Wildman–Crippen MR) is 68.4 cm³/mol. The summed E-state index contributed by atoms with van der Waals surface area (Å²) in [4.78, 5) is 4.54. The predicted octanol–water partition coefficient (Wildman–Crippen LogP) is 3.62. The minimum Gasteiger partial charge on any atom is -0.307 e. The molecule has 16 heavy (non-hydrogen) atoms. The van der Waals surface area contributed by atoms with Crippen LogP contribution in [-0.2, 0) is 11.8 Å². The molecule has 1 aromatic heterocycles. The number of fused-ring (bicyclic) bond motifs is 1. The molecule has 1 aliphatic heterocycles. The van der Waals surface area contributed by atoms with Crippen LogP contribution >= 0.6 is 0 Å². The topological polar surface area (TPSA) is 17.8 Å². The van der Waals surface area contributed by atoms with Gasteiger partial charge in [-0.15, -0.1) is 0 Å². The van der Waals surface area contributed by atoms with Gasteiger partial charge in [0.1, 0.15) is 5.82 Å². The maximum atomic E-state index is 4.54. The molecule has 0 saturated heterocycles. The van der Waals surface area contributed by atoms with E-state index >= 15 is 0 Å². The maximum absolute atomic E-state index is 4.54. The average molecular weight is 218 g/mol. The largest absolute Gasteiger partial charge is 0.307 e. The first-order valence-electron chi connectivity index (χ1n) is 5.97. The van der Waals surface area contributed by atoms with E-state index in [9.17, 15) is 0 Å². The second-order valence-corrected chi connectivity index (χ2v) is 6.76. The highest BCUT2D eigenvalue weighted by atomic mass is 15.1. The van der Waals surface area contributed by atoms with Gasteiger partial charge in [-0.1, -0.05) is 41.5 Å². The zero-order valence-corrected chi connectivity index (χ0v) is 11.3. The van der Waals surface area contributed by atoms with Crippen LogP contribution in [0.5, 0.6) is 0 Å². The third-order valence-corrected chi connectivity index (χ3v) is 3.24. The van der Waals surface area contributed by atoms with Crippen molar-refractivity contribution in [3.8, 4) is 0 Å². The Morgan fingerprint density at radius 3 is 2.19 bits per heavy atom. The second-order valence-electron chi connectivity index (χ2n) is 6.76. The van der Waals surface area contributed by atoms with Crippen molar-refractivity contribution in [1.82, 2.24) is 9.55 Å². The minimum atomic E-state index is 0.162. The summed E-state index contributed by atoms with van der Waals surface area (Å²) in [5, 5.41) is 0. The molecule has 2 heterocycles. The number of rotatable bonds is 0. The zero-order chi connectivity index (χ0) is 12.1. The van der Waals surface area contributed by atoms with Crippen LogP contribution in [0.2, 0.25) is 0 Å². The standard InChI is InChI=1S/C14H22N2/c1-13(2,3)10-7-12-15-8-11(14(4,5)6)16(12)9-10/h8-9H,7H2,1-6H3. The van der Waals surface area contributed by atoms with E-state index in [0.717, 1.165) is 6.42 Å². The molecule has 2 heteroatoms. The molecule has 0 aromatic carbocycles. The number of hydrogen-bond acceptors (Lipinski definition) is 1. The van der Waals surface area contributed by atoms with Gasteiger partial charge < -0.3 is 4.57 Å². The van der Waals surface area contributed by atoms with E-state index in [2.05, 4.69) is 57.3 Å². The molecule has 0 N–H and O–H groups in total.